The normalized spacial score (nSPS) is 10.1. The van der Waals surface area contributed by atoms with Gasteiger partial charge in [-0.3, -0.25) is 10.1 Å². The van der Waals surface area contributed by atoms with Crippen molar-refractivity contribution in [2.45, 2.75) is 0 Å². The molecule has 0 fully saturated rings. The quantitative estimate of drug-likeness (QED) is 0.483. The Labute approximate surface area is 106 Å². The van der Waals surface area contributed by atoms with E-state index in [1.807, 2.05) is 0 Å². The molecule has 0 N–H and O–H groups in total. The number of rotatable bonds is 3. The van der Waals surface area contributed by atoms with E-state index in [-0.39, 0.29) is 11.4 Å². The number of esters is 1. The van der Waals surface area contributed by atoms with Gasteiger partial charge in [-0.25, -0.2) is 9.78 Å². The Bertz CT molecular complexity index is 609. The van der Waals surface area contributed by atoms with Gasteiger partial charge in [0, 0.05) is 23.1 Å². The molecule has 0 spiro atoms. The molecule has 0 unspecified atom stereocenters. The maximum atomic E-state index is 11.2. The van der Waals surface area contributed by atoms with Crippen LogP contribution in [-0.4, -0.2) is 23.0 Å². The summed E-state index contributed by atoms with van der Waals surface area (Å²) in [5, 5.41) is 12.8. The Morgan fingerprint density at radius 2 is 2.28 bits per heavy atom. The zero-order valence-corrected chi connectivity index (χ0v) is 10.1. The zero-order chi connectivity index (χ0) is 13.1. The van der Waals surface area contributed by atoms with Crippen molar-refractivity contribution < 1.29 is 14.5 Å². The second kappa shape index (κ2) is 4.92. The zero-order valence-electron chi connectivity index (χ0n) is 9.32. The van der Waals surface area contributed by atoms with Crippen LogP contribution in [0.3, 0.4) is 0 Å². The maximum absolute atomic E-state index is 11.2. The van der Waals surface area contributed by atoms with Crippen LogP contribution in [0.1, 0.15) is 10.5 Å². The van der Waals surface area contributed by atoms with Crippen LogP contribution >= 0.6 is 11.3 Å². The third-order valence-corrected chi connectivity index (χ3v) is 3.09. The van der Waals surface area contributed by atoms with Gasteiger partial charge >= 0.3 is 5.97 Å². The topological polar surface area (TPSA) is 82.3 Å². The van der Waals surface area contributed by atoms with Gasteiger partial charge in [0.25, 0.3) is 5.69 Å². The fraction of sp³-hybridized carbons (Fsp3) is 0.0909. The number of aromatic nitrogens is 1. The van der Waals surface area contributed by atoms with E-state index in [1.54, 1.807) is 17.5 Å². The molecule has 2 rings (SSSR count). The number of nitro groups is 1. The molecule has 2 aromatic rings. The van der Waals surface area contributed by atoms with Crippen LogP contribution in [0.2, 0.25) is 0 Å². The highest BCUT2D eigenvalue weighted by Crippen LogP contribution is 2.26. The Balaban J connectivity index is 2.37. The lowest BCUT2D eigenvalue weighted by Gasteiger charge is -1.96. The number of thiazole rings is 1. The molecular formula is C11H8N2O4S. The van der Waals surface area contributed by atoms with E-state index in [4.69, 9.17) is 0 Å². The third kappa shape index (κ3) is 2.35. The monoisotopic (exact) mass is 264 g/mol. The number of benzene rings is 1. The van der Waals surface area contributed by atoms with Gasteiger partial charge in [0.1, 0.15) is 5.01 Å². The van der Waals surface area contributed by atoms with Gasteiger partial charge < -0.3 is 4.74 Å². The van der Waals surface area contributed by atoms with Crippen molar-refractivity contribution in [2.75, 3.05) is 7.11 Å². The third-order valence-electron chi connectivity index (χ3n) is 2.20. The molecule has 1 aromatic heterocycles. The number of carbonyl (C=O) groups excluding carboxylic acids is 1. The summed E-state index contributed by atoms with van der Waals surface area (Å²) in [6, 6.07) is 6.10. The minimum Gasteiger partial charge on any atom is -0.464 e. The summed E-state index contributed by atoms with van der Waals surface area (Å²) in [6.07, 6.45) is 0. The molecule has 0 aliphatic heterocycles. The number of ether oxygens (including phenoxy) is 1. The number of non-ortho nitro benzene ring substituents is 1. The maximum Gasteiger partial charge on any atom is 0.357 e. The first-order valence-corrected chi connectivity index (χ1v) is 5.78. The van der Waals surface area contributed by atoms with Gasteiger partial charge in [-0.1, -0.05) is 12.1 Å². The highest BCUT2D eigenvalue weighted by molar-refractivity contribution is 7.13. The van der Waals surface area contributed by atoms with Crippen LogP contribution in [0.5, 0.6) is 0 Å². The predicted octanol–water partition coefficient (Wildman–Crippen LogP) is 2.50. The van der Waals surface area contributed by atoms with Crippen molar-refractivity contribution in [3.63, 3.8) is 0 Å². The van der Waals surface area contributed by atoms with Crippen LogP contribution in [0, 0.1) is 10.1 Å². The summed E-state index contributed by atoms with van der Waals surface area (Å²) in [5.41, 5.74) is 0.788. The number of hydrogen-bond donors (Lipinski definition) is 0. The molecule has 0 aliphatic carbocycles. The van der Waals surface area contributed by atoms with Gasteiger partial charge in [0.2, 0.25) is 0 Å². The molecule has 0 saturated heterocycles. The van der Waals surface area contributed by atoms with Crippen LogP contribution in [0.15, 0.2) is 29.6 Å². The molecule has 92 valence electrons. The summed E-state index contributed by atoms with van der Waals surface area (Å²) >= 11 is 1.23. The van der Waals surface area contributed by atoms with Gasteiger partial charge in [-0.05, 0) is 0 Å². The summed E-state index contributed by atoms with van der Waals surface area (Å²) in [7, 11) is 1.27. The number of hydrogen-bond acceptors (Lipinski definition) is 6. The Hall–Kier alpha value is -2.28. The fourth-order valence-corrected chi connectivity index (χ4v) is 2.14. The summed E-state index contributed by atoms with van der Waals surface area (Å²) < 4.78 is 4.54. The fourth-order valence-electron chi connectivity index (χ4n) is 1.36. The summed E-state index contributed by atoms with van der Waals surface area (Å²) in [6.45, 7) is 0. The van der Waals surface area contributed by atoms with E-state index < -0.39 is 10.9 Å². The number of carbonyl (C=O) groups is 1. The van der Waals surface area contributed by atoms with Gasteiger partial charge in [0.05, 0.1) is 12.0 Å². The molecule has 0 amide bonds. The van der Waals surface area contributed by atoms with E-state index >= 15 is 0 Å². The first-order chi connectivity index (χ1) is 8.61. The van der Waals surface area contributed by atoms with Gasteiger partial charge in [-0.15, -0.1) is 11.3 Å². The van der Waals surface area contributed by atoms with Gasteiger partial charge in [-0.2, -0.15) is 0 Å². The molecule has 0 saturated carbocycles. The van der Waals surface area contributed by atoms with Crippen molar-refractivity contribution >= 4 is 23.0 Å². The SMILES string of the molecule is COC(=O)c1csc(-c2cccc([N+](=O)[O-])c2)n1. The van der Waals surface area contributed by atoms with E-state index in [0.717, 1.165) is 0 Å². The molecule has 1 heterocycles. The van der Waals surface area contributed by atoms with Crippen molar-refractivity contribution in [1.82, 2.24) is 4.98 Å². The lowest BCUT2D eigenvalue weighted by atomic mass is 10.2. The number of nitro benzene ring substituents is 1. The second-order valence-electron chi connectivity index (χ2n) is 3.34. The minimum atomic E-state index is -0.525. The lowest BCUT2D eigenvalue weighted by molar-refractivity contribution is -0.384. The van der Waals surface area contributed by atoms with Crippen molar-refractivity contribution in [2.24, 2.45) is 0 Å². The van der Waals surface area contributed by atoms with E-state index in [1.165, 1.54) is 30.6 Å². The minimum absolute atomic E-state index is 0.0117. The number of nitrogens with zero attached hydrogens (tertiary/aromatic N) is 2. The number of methoxy groups -OCH3 is 1. The smallest absolute Gasteiger partial charge is 0.357 e. The van der Waals surface area contributed by atoms with Crippen LogP contribution < -0.4 is 0 Å². The van der Waals surface area contributed by atoms with Crippen molar-refractivity contribution in [1.29, 1.82) is 0 Å². The molecule has 0 aliphatic rings. The molecule has 7 heteroatoms. The largest absolute Gasteiger partial charge is 0.464 e. The first kappa shape index (κ1) is 12.2. The van der Waals surface area contributed by atoms with Crippen molar-refractivity contribution in [3.05, 3.63) is 45.5 Å². The van der Waals surface area contributed by atoms with E-state index in [9.17, 15) is 14.9 Å². The molecule has 1 aromatic carbocycles. The Morgan fingerprint density at radius 1 is 1.50 bits per heavy atom. The average Bonchev–Trinajstić information content (AvgIpc) is 2.87. The van der Waals surface area contributed by atoms with Crippen LogP contribution in [0.4, 0.5) is 5.69 Å². The summed E-state index contributed by atoms with van der Waals surface area (Å²) in [4.78, 5) is 25.5. The van der Waals surface area contributed by atoms with E-state index in [2.05, 4.69) is 9.72 Å². The molecule has 6 nitrogen and oxygen atoms in total. The van der Waals surface area contributed by atoms with Crippen LogP contribution in [0.25, 0.3) is 10.6 Å². The second-order valence-corrected chi connectivity index (χ2v) is 4.20. The highest BCUT2D eigenvalue weighted by Gasteiger charge is 2.13. The average molecular weight is 264 g/mol. The van der Waals surface area contributed by atoms with Crippen molar-refractivity contribution in [3.8, 4) is 10.6 Å². The van der Waals surface area contributed by atoms with E-state index in [0.29, 0.717) is 10.6 Å². The Kier molecular flexibility index (Phi) is 3.33. The predicted molar refractivity (Wildman–Crippen MR) is 65.5 cm³/mol. The lowest BCUT2D eigenvalue weighted by Crippen LogP contribution is -2.00. The molecule has 18 heavy (non-hydrogen) atoms. The molecular weight excluding hydrogens is 256 g/mol. The highest BCUT2D eigenvalue weighted by atomic mass is 32.1. The summed E-state index contributed by atoms with van der Waals surface area (Å²) in [5.74, 6) is -0.525. The molecule has 0 atom stereocenters. The first-order valence-electron chi connectivity index (χ1n) is 4.90. The molecule has 0 radical (unpaired) electrons. The van der Waals surface area contributed by atoms with Gasteiger partial charge in [0.15, 0.2) is 5.69 Å². The standard InChI is InChI=1S/C11H8N2O4S/c1-17-11(14)9-6-18-10(12-9)7-3-2-4-8(5-7)13(15)16/h2-6H,1H3. The van der Waals surface area contributed by atoms with Crippen LogP contribution in [-0.2, 0) is 4.74 Å². The molecule has 0 bridgehead atoms. The Morgan fingerprint density at radius 3 is 2.94 bits per heavy atom.